The zero-order valence-electron chi connectivity index (χ0n) is 9.84. The maximum atomic E-state index is 11.4. The summed E-state index contributed by atoms with van der Waals surface area (Å²) in [4.78, 5) is 22.9. The van der Waals surface area contributed by atoms with Crippen molar-refractivity contribution in [2.45, 2.75) is 20.9 Å². The van der Waals surface area contributed by atoms with Gasteiger partial charge in [-0.15, -0.1) is 0 Å². The van der Waals surface area contributed by atoms with E-state index in [1.165, 1.54) is 0 Å². The van der Waals surface area contributed by atoms with Crippen LogP contribution in [0.25, 0.3) is 0 Å². The number of hydrogen-bond acceptors (Lipinski definition) is 5. The Bertz CT molecular complexity index is 467. The monoisotopic (exact) mass is 399 g/mol. The molecular weight excluding hydrogens is 395 g/mol. The summed E-state index contributed by atoms with van der Waals surface area (Å²) >= 11 is 34.1. The highest BCUT2D eigenvalue weighted by Crippen LogP contribution is 2.39. The lowest BCUT2D eigenvalue weighted by Gasteiger charge is -2.15. The predicted molar refractivity (Wildman–Crippen MR) is 78.6 cm³/mol. The number of esters is 1. The first-order valence-electron chi connectivity index (χ1n) is 5.09. The topological polar surface area (TPSA) is 65.0 Å². The van der Waals surface area contributed by atoms with Crippen molar-refractivity contribution in [1.29, 1.82) is 0 Å². The lowest BCUT2D eigenvalue weighted by Crippen LogP contribution is -2.20. The molecule has 0 unspecified atom stereocenters. The van der Waals surface area contributed by atoms with Crippen LogP contribution in [0.4, 0.5) is 0 Å². The van der Waals surface area contributed by atoms with Crippen molar-refractivity contribution in [2.75, 3.05) is 6.61 Å². The molecule has 1 aromatic rings. The van der Waals surface area contributed by atoms with Gasteiger partial charge in [-0.2, -0.15) is 0 Å². The van der Waals surface area contributed by atoms with Gasteiger partial charge in [0, 0.05) is 0 Å². The maximum absolute atomic E-state index is 11.4. The average molecular weight is 402 g/mol. The van der Waals surface area contributed by atoms with Gasteiger partial charge in [0.2, 0.25) is 7.59 Å². The highest BCUT2D eigenvalue weighted by molar-refractivity contribution is 6.67. The second-order valence-corrected chi connectivity index (χ2v) is 7.94. The van der Waals surface area contributed by atoms with E-state index in [2.05, 4.69) is 15.0 Å². The average Bonchev–Trinajstić information content (AvgIpc) is 2.26. The van der Waals surface area contributed by atoms with Crippen LogP contribution in [0.2, 0.25) is 0 Å². The smallest absolute Gasteiger partial charge is 0.313 e. The zero-order chi connectivity index (χ0) is 15.6. The van der Waals surface area contributed by atoms with Gasteiger partial charge in [-0.3, -0.25) is 4.79 Å². The first-order chi connectivity index (χ1) is 9.04. The molecule has 0 radical (unpaired) electrons. The van der Waals surface area contributed by atoms with Crippen molar-refractivity contribution in [3.63, 3.8) is 0 Å². The van der Waals surface area contributed by atoms with Crippen LogP contribution in [0.5, 0.6) is 0 Å². The van der Waals surface area contributed by atoms with E-state index in [1.807, 2.05) is 0 Å². The molecule has 0 atom stereocenters. The molecule has 112 valence electrons. The summed E-state index contributed by atoms with van der Waals surface area (Å²) in [6.45, 7) is 1.86. The minimum absolute atomic E-state index is 0.0268. The third kappa shape index (κ3) is 5.54. The summed E-state index contributed by atoms with van der Waals surface area (Å²) in [7, 11) is 0. The molecule has 0 N–H and O–H groups in total. The van der Waals surface area contributed by atoms with Crippen LogP contribution in [0, 0.1) is 0 Å². The summed E-state index contributed by atoms with van der Waals surface area (Å²) in [5.41, 5.74) is 0. The number of carbonyl (C=O) groups is 1. The highest BCUT2D eigenvalue weighted by Gasteiger charge is 2.34. The normalized spacial score (nSPS) is 12.3. The molecule has 0 saturated heterocycles. The Kier molecular flexibility index (Phi) is 6.38. The van der Waals surface area contributed by atoms with Gasteiger partial charge in [-0.05, 0) is 6.92 Å². The Hall–Kier alpha value is 0.220. The Morgan fingerprint density at radius 1 is 1.00 bits per heavy atom. The predicted octanol–water partition coefficient (Wildman–Crippen LogP) is 3.63. The standard InChI is InChI=1S/C9H7Cl6N3O2/c1-2-20-5(19)3-4-16-6(8(10,11)12)18-7(17-4)9(13,14)15/h2-3H2,1H3. The van der Waals surface area contributed by atoms with Crippen LogP contribution in [-0.2, 0) is 23.5 Å². The van der Waals surface area contributed by atoms with Crippen molar-refractivity contribution >= 4 is 75.6 Å². The van der Waals surface area contributed by atoms with E-state index in [0.717, 1.165) is 0 Å². The van der Waals surface area contributed by atoms with Crippen molar-refractivity contribution in [3.8, 4) is 0 Å². The first-order valence-corrected chi connectivity index (χ1v) is 7.35. The van der Waals surface area contributed by atoms with Crippen LogP contribution >= 0.6 is 69.6 Å². The molecule has 0 amide bonds. The van der Waals surface area contributed by atoms with Gasteiger partial charge in [0.25, 0.3) is 0 Å². The molecule has 1 heterocycles. The molecule has 0 spiro atoms. The second kappa shape index (κ2) is 6.99. The molecule has 0 aliphatic heterocycles. The summed E-state index contributed by atoms with van der Waals surface area (Å²) in [5, 5.41) is 0. The van der Waals surface area contributed by atoms with Crippen LogP contribution in [0.1, 0.15) is 24.4 Å². The van der Waals surface area contributed by atoms with Gasteiger partial charge in [0.1, 0.15) is 12.2 Å². The molecule has 20 heavy (non-hydrogen) atoms. The molecule has 5 nitrogen and oxygen atoms in total. The van der Waals surface area contributed by atoms with Gasteiger partial charge in [0.15, 0.2) is 11.6 Å². The quantitative estimate of drug-likeness (QED) is 0.571. The minimum Gasteiger partial charge on any atom is -0.466 e. The van der Waals surface area contributed by atoms with Gasteiger partial charge >= 0.3 is 5.97 Å². The third-order valence-electron chi connectivity index (χ3n) is 1.80. The van der Waals surface area contributed by atoms with E-state index in [9.17, 15) is 4.79 Å². The van der Waals surface area contributed by atoms with E-state index < -0.39 is 13.6 Å². The summed E-state index contributed by atoms with van der Waals surface area (Å²) in [6, 6.07) is 0. The molecule has 0 aromatic carbocycles. The van der Waals surface area contributed by atoms with Crippen LogP contribution in [0.15, 0.2) is 0 Å². The number of ether oxygens (including phenoxy) is 1. The number of nitrogens with zero attached hydrogens (tertiary/aromatic N) is 3. The first kappa shape index (κ1) is 18.3. The second-order valence-electron chi connectivity index (χ2n) is 3.38. The number of rotatable bonds is 3. The molecular formula is C9H7Cl6N3O2. The summed E-state index contributed by atoms with van der Waals surface area (Å²) < 4.78 is 0.865. The SMILES string of the molecule is CCOC(=O)Cc1nc(C(Cl)(Cl)Cl)nc(C(Cl)(Cl)Cl)n1. The van der Waals surface area contributed by atoms with Crippen molar-refractivity contribution in [1.82, 2.24) is 15.0 Å². The lowest BCUT2D eigenvalue weighted by atomic mass is 10.4. The van der Waals surface area contributed by atoms with Gasteiger partial charge < -0.3 is 4.74 Å². The largest absolute Gasteiger partial charge is 0.466 e. The highest BCUT2D eigenvalue weighted by atomic mass is 35.6. The lowest BCUT2D eigenvalue weighted by molar-refractivity contribution is -0.142. The molecule has 1 aromatic heterocycles. The Morgan fingerprint density at radius 3 is 1.80 bits per heavy atom. The van der Waals surface area contributed by atoms with E-state index >= 15 is 0 Å². The molecule has 0 fully saturated rings. The fourth-order valence-electron chi connectivity index (χ4n) is 1.09. The molecule has 0 saturated carbocycles. The molecule has 0 aliphatic rings. The van der Waals surface area contributed by atoms with E-state index in [1.54, 1.807) is 6.92 Å². The Morgan fingerprint density at radius 2 is 1.45 bits per heavy atom. The van der Waals surface area contributed by atoms with E-state index in [0.29, 0.717) is 0 Å². The summed E-state index contributed by atoms with van der Waals surface area (Å²) in [5.74, 6) is -1.10. The Balaban J connectivity index is 3.21. The van der Waals surface area contributed by atoms with Crippen LogP contribution < -0.4 is 0 Å². The molecule has 11 heteroatoms. The van der Waals surface area contributed by atoms with Gasteiger partial charge in [-0.25, -0.2) is 15.0 Å². The number of alkyl halides is 6. The third-order valence-corrected chi connectivity index (χ3v) is 2.81. The van der Waals surface area contributed by atoms with Gasteiger partial charge in [0.05, 0.1) is 6.61 Å². The molecule has 0 aliphatic carbocycles. The van der Waals surface area contributed by atoms with Crippen molar-refractivity contribution < 1.29 is 9.53 Å². The number of aromatic nitrogens is 3. The summed E-state index contributed by atoms with van der Waals surface area (Å²) in [6.07, 6.45) is -0.266. The van der Waals surface area contributed by atoms with E-state index in [4.69, 9.17) is 74.3 Å². The molecule has 0 bridgehead atoms. The molecule has 1 rings (SSSR count). The van der Waals surface area contributed by atoms with Crippen LogP contribution in [-0.4, -0.2) is 27.5 Å². The number of carbonyl (C=O) groups excluding carboxylic acids is 1. The number of hydrogen-bond donors (Lipinski definition) is 0. The van der Waals surface area contributed by atoms with Crippen LogP contribution in [0.3, 0.4) is 0 Å². The minimum atomic E-state index is -1.95. The zero-order valence-corrected chi connectivity index (χ0v) is 14.4. The van der Waals surface area contributed by atoms with Crippen molar-refractivity contribution in [2.24, 2.45) is 0 Å². The Labute approximate surface area is 144 Å². The fraction of sp³-hybridized carbons (Fsp3) is 0.556. The maximum Gasteiger partial charge on any atom is 0.313 e. The fourth-order valence-corrected chi connectivity index (χ4v) is 1.60. The number of halogens is 6. The van der Waals surface area contributed by atoms with Gasteiger partial charge in [-0.1, -0.05) is 69.6 Å². The van der Waals surface area contributed by atoms with Crippen molar-refractivity contribution in [3.05, 3.63) is 17.5 Å². The van der Waals surface area contributed by atoms with E-state index in [-0.39, 0.29) is 30.5 Å².